The van der Waals surface area contributed by atoms with Gasteiger partial charge in [0.25, 0.3) is 5.56 Å². The van der Waals surface area contributed by atoms with Crippen molar-refractivity contribution in [2.24, 2.45) is 0 Å². The average molecular weight is 281 g/mol. The first-order valence-corrected chi connectivity index (χ1v) is 7.13. The van der Waals surface area contributed by atoms with Crippen LogP contribution in [0.2, 0.25) is 0 Å². The van der Waals surface area contributed by atoms with E-state index in [4.69, 9.17) is 0 Å². The largest absolute Gasteiger partial charge is 0.272 e. The summed E-state index contributed by atoms with van der Waals surface area (Å²) in [5, 5.41) is 15.6. The van der Waals surface area contributed by atoms with E-state index in [1.807, 2.05) is 25.1 Å². The molecule has 0 bridgehead atoms. The second-order valence-electron chi connectivity index (χ2n) is 5.56. The molecule has 2 N–H and O–H groups in total. The third-order valence-electron chi connectivity index (χ3n) is 4.01. The van der Waals surface area contributed by atoms with Crippen LogP contribution in [0.4, 0.5) is 0 Å². The number of aromatic nitrogens is 5. The van der Waals surface area contributed by atoms with Crippen molar-refractivity contribution < 1.29 is 0 Å². The Labute approximate surface area is 120 Å². The lowest BCUT2D eigenvalue weighted by molar-refractivity contribution is 0.772. The number of rotatable bonds is 3. The lowest BCUT2D eigenvalue weighted by Gasteiger charge is -2.09. The third-order valence-corrected chi connectivity index (χ3v) is 4.01. The van der Waals surface area contributed by atoms with E-state index in [0.717, 1.165) is 22.7 Å². The molecule has 0 aliphatic heterocycles. The van der Waals surface area contributed by atoms with Gasteiger partial charge in [-0.05, 0) is 25.8 Å². The van der Waals surface area contributed by atoms with E-state index in [2.05, 4.69) is 25.4 Å². The highest BCUT2D eigenvalue weighted by Gasteiger charge is 2.28. The van der Waals surface area contributed by atoms with Crippen LogP contribution in [0.25, 0.3) is 10.8 Å². The number of aromatic amines is 2. The van der Waals surface area contributed by atoms with E-state index < -0.39 is 0 Å². The van der Waals surface area contributed by atoms with Crippen LogP contribution >= 0.6 is 0 Å². The molecule has 1 fully saturated rings. The van der Waals surface area contributed by atoms with Crippen LogP contribution in [0.3, 0.4) is 0 Å². The number of H-pyrrole nitrogens is 2. The SMILES string of the molecule is C[C@@H](c1n[nH]c(C2CC2)n1)c1n[nH]c(=O)c2ccccc12. The van der Waals surface area contributed by atoms with Gasteiger partial charge in [-0.15, -0.1) is 0 Å². The van der Waals surface area contributed by atoms with Gasteiger partial charge in [-0.25, -0.2) is 10.1 Å². The molecule has 1 aliphatic carbocycles. The predicted molar refractivity (Wildman–Crippen MR) is 78.2 cm³/mol. The fourth-order valence-corrected chi connectivity index (χ4v) is 2.61. The Hall–Kier alpha value is -2.50. The standard InChI is InChI=1S/C15H15N5O/c1-8(13-16-14(19-18-13)9-6-7-9)12-10-4-2-3-5-11(10)15(21)20-17-12/h2-5,8-9H,6-7H2,1H3,(H,20,21)(H,16,18,19)/t8-/m1/s1. The quantitative estimate of drug-likeness (QED) is 0.769. The summed E-state index contributed by atoms with van der Waals surface area (Å²) < 4.78 is 0. The molecule has 106 valence electrons. The zero-order valence-electron chi connectivity index (χ0n) is 11.6. The lowest BCUT2D eigenvalue weighted by atomic mass is 10.0. The van der Waals surface area contributed by atoms with Crippen LogP contribution < -0.4 is 5.56 Å². The number of benzene rings is 1. The molecule has 21 heavy (non-hydrogen) atoms. The monoisotopic (exact) mass is 281 g/mol. The minimum Gasteiger partial charge on any atom is -0.267 e. The molecule has 4 rings (SSSR count). The maximum absolute atomic E-state index is 11.8. The van der Waals surface area contributed by atoms with Gasteiger partial charge < -0.3 is 0 Å². The molecular weight excluding hydrogens is 266 g/mol. The molecule has 3 aromatic rings. The van der Waals surface area contributed by atoms with Gasteiger partial charge in [0.2, 0.25) is 0 Å². The van der Waals surface area contributed by atoms with E-state index in [1.54, 1.807) is 6.07 Å². The first kappa shape index (κ1) is 12.3. The second-order valence-corrected chi connectivity index (χ2v) is 5.56. The summed E-state index contributed by atoms with van der Waals surface area (Å²) in [6.45, 7) is 2.01. The van der Waals surface area contributed by atoms with Crippen molar-refractivity contribution in [3.63, 3.8) is 0 Å². The van der Waals surface area contributed by atoms with E-state index in [0.29, 0.717) is 11.3 Å². The highest BCUT2D eigenvalue weighted by molar-refractivity contribution is 5.84. The fraction of sp³-hybridized carbons (Fsp3) is 0.333. The highest BCUT2D eigenvalue weighted by atomic mass is 16.1. The maximum Gasteiger partial charge on any atom is 0.272 e. The fourth-order valence-electron chi connectivity index (χ4n) is 2.61. The summed E-state index contributed by atoms with van der Waals surface area (Å²) in [4.78, 5) is 16.4. The van der Waals surface area contributed by atoms with Gasteiger partial charge >= 0.3 is 0 Å². The Morgan fingerprint density at radius 1 is 1.14 bits per heavy atom. The molecule has 6 heteroatoms. The molecule has 0 saturated heterocycles. The Bertz CT molecular complexity index is 862. The van der Waals surface area contributed by atoms with Crippen molar-refractivity contribution in [1.29, 1.82) is 0 Å². The van der Waals surface area contributed by atoms with Gasteiger partial charge in [-0.3, -0.25) is 9.89 Å². The molecule has 1 atom stereocenters. The zero-order valence-corrected chi connectivity index (χ0v) is 11.6. The van der Waals surface area contributed by atoms with Gasteiger partial charge in [0, 0.05) is 11.3 Å². The number of fused-ring (bicyclic) bond motifs is 1. The first-order valence-electron chi connectivity index (χ1n) is 7.13. The second kappa shape index (κ2) is 4.51. The van der Waals surface area contributed by atoms with E-state index in [-0.39, 0.29) is 11.5 Å². The van der Waals surface area contributed by atoms with Crippen molar-refractivity contribution in [2.75, 3.05) is 0 Å². The van der Waals surface area contributed by atoms with Crippen LogP contribution in [0.15, 0.2) is 29.1 Å². The molecule has 0 unspecified atom stereocenters. The predicted octanol–water partition coefficient (Wildman–Crippen LogP) is 2.07. The first-order chi connectivity index (χ1) is 10.2. The average Bonchev–Trinajstić information content (AvgIpc) is 3.25. The molecule has 0 amide bonds. The minimum absolute atomic E-state index is 0.0736. The topological polar surface area (TPSA) is 87.3 Å². The van der Waals surface area contributed by atoms with Crippen molar-refractivity contribution in [3.05, 3.63) is 52.0 Å². The van der Waals surface area contributed by atoms with Crippen molar-refractivity contribution in [2.45, 2.75) is 31.6 Å². The van der Waals surface area contributed by atoms with Crippen LogP contribution in [-0.4, -0.2) is 25.4 Å². The van der Waals surface area contributed by atoms with Gasteiger partial charge in [-0.2, -0.15) is 10.2 Å². The van der Waals surface area contributed by atoms with E-state index in [9.17, 15) is 4.79 Å². The molecule has 1 aliphatic rings. The smallest absolute Gasteiger partial charge is 0.267 e. The number of hydrogen-bond donors (Lipinski definition) is 2. The van der Waals surface area contributed by atoms with Gasteiger partial charge in [0.1, 0.15) is 5.82 Å². The van der Waals surface area contributed by atoms with Gasteiger partial charge in [0.05, 0.1) is 17.0 Å². The molecule has 1 saturated carbocycles. The summed E-state index contributed by atoms with van der Waals surface area (Å²) >= 11 is 0. The molecule has 2 heterocycles. The van der Waals surface area contributed by atoms with Gasteiger partial charge in [0.15, 0.2) is 5.82 Å². The summed E-state index contributed by atoms with van der Waals surface area (Å²) in [6.07, 6.45) is 2.37. The molecular formula is C15H15N5O. The van der Waals surface area contributed by atoms with E-state index in [1.165, 1.54) is 12.8 Å². The molecule has 0 radical (unpaired) electrons. The summed E-state index contributed by atoms with van der Waals surface area (Å²) in [7, 11) is 0. The Morgan fingerprint density at radius 2 is 1.90 bits per heavy atom. The maximum atomic E-state index is 11.8. The molecule has 0 spiro atoms. The third kappa shape index (κ3) is 2.03. The number of nitrogens with one attached hydrogen (secondary N) is 2. The van der Waals surface area contributed by atoms with Crippen molar-refractivity contribution >= 4 is 10.8 Å². The van der Waals surface area contributed by atoms with Crippen LogP contribution in [0, 0.1) is 0 Å². The van der Waals surface area contributed by atoms with Crippen LogP contribution in [0.5, 0.6) is 0 Å². The Morgan fingerprint density at radius 3 is 2.67 bits per heavy atom. The Balaban J connectivity index is 1.81. The van der Waals surface area contributed by atoms with Crippen molar-refractivity contribution in [1.82, 2.24) is 25.4 Å². The summed E-state index contributed by atoms with van der Waals surface area (Å²) in [5.74, 6) is 2.15. The van der Waals surface area contributed by atoms with E-state index >= 15 is 0 Å². The highest BCUT2D eigenvalue weighted by Crippen LogP contribution is 2.38. The minimum atomic E-state index is -0.171. The van der Waals surface area contributed by atoms with Crippen LogP contribution in [-0.2, 0) is 0 Å². The molecule has 1 aromatic carbocycles. The lowest BCUT2D eigenvalue weighted by Crippen LogP contribution is -2.13. The molecule has 6 nitrogen and oxygen atoms in total. The number of nitrogens with zero attached hydrogens (tertiary/aromatic N) is 3. The van der Waals surface area contributed by atoms with Crippen molar-refractivity contribution in [3.8, 4) is 0 Å². The zero-order chi connectivity index (χ0) is 14.4. The summed E-state index contributed by atoms with van der Waals surface area (Å²) in [5.41, 5.74) is 0.627. The number of hydrogen-bond acceptors (Lipinski definition) is 4. The van der Waals surface area contributed by atoms with Crippen LogP contribution in [0.1, 0.15) is 48.9 Å². The Kier molecular flexibility index (Phi) is 2.63. The molecule has 2 aromatic heterocycles. The normalized spacial score (nSPS) is 16.2. The summed E-state index contributed by atoms with van der Waals surface area (Å²) in [6, 6.07) is 7.48. The van der Waals surface area contributed by atoms with Gasteiger partial charge in [-0.1, -0.05) is 18.2 Å².